The van der Waals surface area contributed by atoms with E-state index in [1.165, 1.54) is 4.90 Å². The van der Waals surface area contributed by atoms with Gasteiger partial charge in [-0.05, 0) is 87.6 Å². The van der Waals surface area contributed by atoms with E-state index in [1.807, 2.05) is 45.0 Å². The number of hydrogen-bond donors (Lipinski definition) is 4. The number of likely N-dealkylation sites (tertiary alicyclic amines) is 1. The molecule has 1 aliphatic heterocycles. The van der Waals surface area contributed by atoms with Crippen LogP contribution in [-0.2, 0) is 30.3 Å². The highest BCUT2D eigenvalue weighted by Gasteiger charge is 2.39. The fourth-order valence-corrected chi connectivity index (χ4v) is 5.62. The lowest BCUT2D eigenvalue weighted by atomic mass is 9.93. The zero-order chi connectivity index (χ0) is 35.1. The van der Waals surface area contributed by atoms with Crippen LogP contribution in [0.1, 0.15) is 81.6 Å². The van der Waals surface area contributed by atoms with Crippen LogP contribution in [0.2, 0.25) is 0 Å². The Morgan fingerprint density at radius 3 is 2.33 bits per heavy atom. The van der Waals surface area contributed by atoms with E-state index in [0.717, 1.165) is 11.3 Å². The quantitative estimate of drug-likeness (QED) is 0.137. The SMILES string of the molecule is CCOc1ccc(C[C@@H](N)C(=O)N[C@H](C(=O)N2CCCC[C@H]2C(=O)N[C@@H](CCCCOC(=O)c2ccccc2)C(=O)O)[C@@H](C)CC)cc1. The van der Waals surface area contributed by atoms with Crippen molar-refractivity contribution in [2.24, 2.45) is 11.7 Å². The van der Waals surface area contributed by atoms with Crippen LogP contribution in [0.4, 0.5) is 0 Å². The number of aliphatic carboxylic acids is 1. The number of carbonyl (C=O) groups excluding carboxylic acids is 4. The summed E-state index contributed by atoms with van der Waals surface area (Å²) in [6.45, 7) is 6.64. The molecule has 0 unspecified atom stereocenters. The Morgan fingerprint density at radius 2 is 1.69 bits per heavy atom. The smallest absolute Gasteiger partial charge is 0.338 e. The van der Waals surface area contributed by atoms with Crippen molar-refractivity contribution in [3.05, 3.63) is 65.7 Å². The molecule has 5 N–H and O–H groups in total. The van der Waals surface area contributed by atoms with Crippen LogP contribution in [-0.4, -0.2) is 83.6 Å². The van der Waals surface area contributed by atoms with Crippen molar-refractivity contribution < 1.29 is 38.6 Å². The van der Waals surface area contributed by atoms with Gasteiger partial charge in [0.15, 0.2) is 0 Å². The summed E-state index contributed by atoms with van der Waals surface area (Å²) in [7, 11) is 0. The van der Waals surface area contributed by atoms with Gasteiger partial charge in [-0.2, -0.15) is 0 Å². The number of nitrogens with two attached hydrogens (primary N) is 1. The number of carboxylic acid groups (broad SMARTS) is 1. The highest BCUT2D eigenvalue weighted by atomic mass is 16.5. The first-order valence-corrected chi connectivity index (χ1v) is 16.9. The normalized spacial score (nSPS) is 16.9. The minimum Gasteiger partial charge on any atom is -0.494 e. The maximum Gasteiger partial charge on any atom is 0.338 e. The predicted molar refractivity (Wildman–Crippen MR) is 180 cm³/mol. The van der Waals surface area contributed by atoms with Gasteiger partial charge in [-0.3, -0.25) is 14.4 Å². The average Bonchev–Trinajstić information content (AvgIpc) is 3.10. The standard InChI is InChI=1S/C36H50N4O8/c1-4-24(3)31(39-32(41)28(37)23-25-17-19-27(20-18-25)47-5-2)34(43)40-21-11-9-16-30(40)33(42)38-29(35(44)45)15-10-12-22-48-36(46)26-13-7-6-8-14-26/h6-8,13-14,17-20,24,28-31H,4-5,9-12,15-16,21-23,37H2,1-3H3,(H,38,42)(H,39,41)(H,44,45)/t24-,28+,29-,30-,31-/m0/s1. The molecule has 0 saturated carbocycles. The number of rotatable bonds is 18. The van der Waals surface area contributed by atoms with Gasteiger partial charge >= 0.3 is 11.9 Å². The molecule has 2 aromatic rings. The highest BCUT2D eigenvalue weighted by molar-refractivity contribution is 5.94. The van der Waals surface area contributed by atoms with E-state index in [0.29, 0.717) is 57.2 Å². The van der Waals surface area contributed by atoms with Crippen molar-refractivity contribution in [2.75, 3.05) is 19.8 Å². The second-order valence-corrected chi connectivity index (χ2v) is 12.2. The van der Waals surface area contributed by atoms with E-state index in [1.54, 1.807) is 30.3 Å². The third-order valence-electron chi connectivity index (χ3n) is 8.64. The number of ether oxygens (including phenoxy) is 2. The minimum absolute atomic E-state index is 0.117. The molecule has 12 heteroatoms. The maximum atomic E-state index is 14.0. The van der Waals surface area contributed by atoms with Crippen LogP contribution in [0.3, 0.4) is 0 Å². The molecule has 12 nitrogen and oxygen atoms in total. The highest BCUT2D eigenvalue weighted by Crippen LogP contribution is 2.22. The second kappa shape index (κ2) is 19.4. The number of nitrogens with zero attached hydrogens (tertiary/aromatic N) is 1. The van der Waals surface area contributed by atoms with Crippen LogP contribution in [0.15, 0.2) is 54.6 Å². The van der Waals surface area contributed by atoms with E-state index in [-0.39, 0.29) is 25.4 Å². The summed E-state index contributed by atoms with van der Waals surface area (Å²) in [6, 6.07) is 12.0. The molecule has 0 spiro atoms. The molecule has 0 aliphatic carbocycles. The van der Waals surface area contributed by atoms with Gasteiger partial charge in [0.1, 0.15) is 23.9 Å². The number of piperidine rings is 1. The van der Waals surface area contributed by atoms with Gasteiger partial charge in [-0.25, -0.2) is 9.59 Å². The molecular weight excluding hydrogens is 616 g/mol. The second-order valence-electron chi connectivity index (χ2n) is 12.2. The Balaban J connectivity index is 1.58. The van der Waals surface area contributed by atoms with Gasteiger partial charge in [0.2, 0.25) is 17.7 Å². The summed E-state index contributed by atoms with van der Waals surface area (Å²) in [6.07, 6.45) is 3.55. The Bertz CT molecular complexity index is 1350. The molecule has 0 radical (unpaired) electrons. The summed E-state index contributed by atoms with van der Waals surface area (Å²) >= 11 is 0. The monoisotopic (exact) mass is 666 g/mol. The number of nitrogens with one attached hydrogen (secondary N) is 2. The van der Waals surface area contributed by atoms with Gasteiger partial charge in [0.25, 0.3) is 0 Å². The van der Waals surface area contributed by atoms with Crippen LogP contribution in [0.25, 0.3) is 0 Å². The Kier molecular flexibility index (Phi) is 15.4. The molecular formula is C36H50N4O8. The van der Waals surface area contributed by atoms with Crippen molar-refractivity contribution in [3.63, 3.8) is 0 Å². The van der Waals surface area contributed by atoms with E-state index >= 15 is 0 Å². The molecule has 1 fully saturated rings. The molecule has 48 heavy (non-hydrogen) atoms. The van der Waals surface area contributed by atoms with Crippen molar-refractivity contribution in [3.8, 4) is 5.75 Å². The van der Waals surface area contributed by atoms with Crippen LogP contribution in [0.5, 0.6) is 5.75 Å². The Morgan fingerprint density at radius 1 is 0.979 bits per heavy atom. The van der Waals surface area contributed by atoms with Crippen molar-refractivity contribution in [2.45, 2.75) is 96.3 Å². The maximum absolute atomic E-state index is 14.0. The predicted octanol–water partition coefficient (Wildman–Crippen LogP) is 3.46. The van der Waals surface area contributed by atoms with E-state index in [4.69, 9.17) is 15.2 Å². The Hall–Kier alpha value is -4.45. The van der Waals surface area contributed by atoms with Crippen molar-refractivity contribution >= 4 is 29.7 Å². The summed E-state index contributed by atoms with van der Waals surface area (Å²) in [5.74, 6) is -2.58. The van der Waals surface area contributed by atoms with Crippen LogP contribution < -0.4 is 21.1 Å². The lowest BCUT2D eigenvalue weighted by Gasteiger charge is -2.38. The largest absolute Gasteiger partial charge is 0.494 e. The van der Waals surface area contributed by atoms with Gasteiger partial charge in [0.05, 0.1) is 24.8 Å². The molecule has 3 rings (SSSR count). The average molecular weight is 667 g/mol. The number of unbranched alkanes of at least 4 members (excludes halogenated alkanes) is 1. The van der Waals surface area contributed by atoms with Crippen molar-refractivity contribution in [1.82, 2.24) is 15.5 Å². The van der Waals surface area contributed by atoms with Gasteiger partial charge < -0.3 is 35.8 Å². The summed E-state index contributed by atoms with van der Waals surface area (Å²) in [5.41, 5.74) is 7.54. The van der Waals surface area contributed by atoms with Crippen molar-refractivity contribution in [1.29, 1.82) is 0 Å². The lowest BCUT2D eigenvalue weighted by Crippen LogP contribution is -2.61. The van der Waals surface area contributed by atoms with E-state index in [9.17, 15) is 29.1 Å². The molecule has 2 aromatic carbocycles. The topological polar surface area (TPSA) is 177 Å². The number of esters is 1. The molecule has 5 atom stereocenters. The molecule has 1 heterocycles. The third-order valence-corrected chi connectivity index (χ3v) is 8.64. The van der Waals surface area contributed by atoms with E-state index < -0.39 is 53.8 Å². The van der Waals surface area contributed by atoms with Gasteiger partial charge in [-0.1, -0.05) is 50.6 Å². The lowest BCUT2D eigenvalue weighted by molar-refractivity contribution is -0.148. The zero-order valence-corrected chi connectivity index (χ0v) is 28.2. The number of carboxylic acids is 1. The van der Waals surface area contributed by atoms with Crippen LogP contribution in [0, 0.1) is 5.92 Å². The number of hydrogen-bond acceptors (Lipinski definition) is 8. The minimum atomic E-state index is -1.19. The third kappa shape index (κ3) is 11.4. The molecule has 3 amide bonds. The summed E-state index contributed by atoms with van der Waals surface area (Å²) < 4.78 is 10.7. The number of amides is 3. The first kappa shape index (κ1) is 38.0. The number of carbonyl (C=O) groups is 5. The summed E-state index contributed by atoms with van der Waals surface area (Å²) in [4.78, 5) is 66.3. The Labute approximate surface area is 282 Å². The molecule has 1 saturated heterocycles. The molecule has 0 aromatic heterocycles. The van der Waals surface area contributed by atoms with Crippen LogP contribution >= 0.6 is 0 Å². The summed E-state index contributed by atoms with van der Waals surface area (Å²) in [5, 5.41) is 15.3. The number of benzene rings is 2. The van der Waals surface area contributed by atoms with Gasteiger partial charge in [0, 0.05) is 6.54 Å². The first-order chi connectivity index (χ1) is 23.0. The first-order valence-electron chi connectivity index (χ1n) is 16.9. The molecule has 1 aliphatic rings. The fraction of sp³-hybridized carbons (Fsp3) is 0.528. The fourth-order valence-electron chi connectivity index (χ4n) is 5.62. The molecule has 0 bridgehead atoms. The zero-order valence-electron chi connectivity index (χ0n) is 28.2. The van der Waals surface area contributed by atoms with E-state index in [2.05, 4.69) is 10.6 Å². The van der Waals surface area contributed by atoms with Gasteiger partial charge in [-0.15, -0.1) is 0 Å². The molecule has 262 valence electrons.